The van der Waals surface area contributed by atoms with Gasteiger partial charge in [-0.05, 0) is 19.0 Å². The molecule has 0 spiro atoms. The maximum atomic E-state index is 5.60. The average Bonchev–Trinajstić information content (AvgIpc) is 2.47. The summed E-state index contributed by atoms with van der Waals surface area (Å²) in [5, 5.41) is 3.27. The summed E-state index contributed by atoms with van der Waals surface area (Å²) in [7, 11) is 0. The number of ether oxygens (including phenoxy) is 1. The lowest BCUT2D eigenvalue weighted by atomic mass is 10.2. The van der Waals surface area contributed by atoms with E-state index in [1.807, 2.05) is 6.07 Å². The smallest absolute Gasteiger partial charge is 0.157 e. The van der Waals surface area contributed by atoms with Crippen molar-refractivity contribution in [3.63, 3.8) is 0 Å². The van der Waals surface area contributed by atoms with Crippen molar-refractivity contribution in [3.05, 3.63) is 24.3 Å². The first-order valence-corrected chi connectivity index (χ1v) is 4.56. The first-order chi connectivity index (χ1) is 6.47. The van der Waals surface area contributed by atoms with Crippen LogP contribution in [0.3, 0.4) is 0 Å². The van der Waals surface area contributed by atoms with Crippen molar-refractivity contribution in [2.75, 3.05) is 19.7 Å². The van der Waals surface area contributed by atoms with E-state index in [1.165, 1.54) is 0 Å². The second kappa shape index (κ2) is 4.30. The maximum absolute atomic E-state index is 5.60. The molecule has 1 aromatic heterocycles. The van der Waals surface area contributed by atoms with Crippen LogP contribution in [0.15, 0.2) is 18.5 Å². The minimum absolute atomic E-state index is 0.0659. The molecule has 1 aliphatic rings. The van der Waals surface area contributed by atoms with Crippen molar-refractivity contribution in [2.45, 2.75) is 12.5 Å². The summed E-state index contributed by atoms with van der Waals surface area (Å²) in [6, 6.07) is 1.82. The summed E-state index contributed by atoms with van der Waals surface area (Å²) in [4.78, 5) is 8.36. The van der Waals surface area contributed by atoms with Gasteiger partial charge in [0.1, 0.15) is 6.10 Å². The van der Waals surface area contributed by atoms with Crippen molar-refractivity contribution in [1.29, 1.82) is 0 Å². The van der Waals surface area contributed by atoms with Gasteiger partial charge in [0.2, 0.25) is 0 Å². The lowest BCUT2D eigenvalue weighted by Crippen LogP contribution is -2.16. The van der Waals surface area contributed by atoms with Crippen molar-refractivity contribution in [1.82, 2.24) is 15.3 Å². The zero-order valence-corrected chi connectivity index (χ0v) is 7.44. The van der Waals surface area contributed by atoms with Gasteiger partial charge in [0.25, 0.3) is 0 Å². The molecule has 0 radical (unpaired) electrons. The fraction of sp³-hybridized carbons (Fsp3) is 0.556. The molecule has 4 nitrogen and oxygen atoms in total. The van der Waals surface area contributed by atoms with Crippen LogP contribution in [0.1, 0.15) is 18.3 Å². The van der Waals surface area contributed by atoms with Crippen LogP contribution < -0.4 is 5.32 Å². The van der Waals surface area contributed by atoms with Gasteiger partial charge in [0.15, 0.2) is 5.82 Å². The number of nitrogens with zero attached hydrogens (tertiary/aromatic N) is 2. The number of hydrogen-bond acceptors (Lipinski definition) is 4. The third kappa shape index (κ3) is 2.23. The highest BCUT2D eigenvalue weighted by Gasteiger charge is 2.16. The highest BCUT2D eigenvalue weighted by Crippen LogP contribution is 2.17. The Morgan fingerprint density at radius 1 is 1.31 bits per heavy atom. The van der Waals surface area contributed by atoms with E-state index in [4.69, 9.17) is 4.74 Å². The largest absolute Gasteiger partial charge is 0.369 e. The zero-order chi connectivity index (χ0) is 8.93. The Labute approximate surface area is 77.4 Å². The summed E-state index contributed by atoms with van der Waals surface area (Å²) >= 11 is 0. The molecular formula is C9H13N3O. The van der Waals surface area contributed by atoms with E-state index in [9.17, 15) is 0 Å². The molecule has 0 bridgehead atoms. The molecule has 13 heavy (non-hydrogen) atoms. The molecule has 1 aliphatic heterocycles. The van der Waals surface area contributed by atoms with Crippen LogP contribution in [-0.4, -0.2) is 29.7 Å². The third-order valence-corrected chi connectivity index (χ3v) is 2.05. The first-order valence-electron chi connectivity index (χ1n) is 4.56. The van der Waals surface area contributed by atoms with Crippen LogP contribution in [0.5, 0.6) is 0 Å². The molecule has 1 fully saturated rings. The molecular weight excluding hydrogens is 166 g/mol. The van der Waals surface area contributed by atoms with Gasteiger partial charge < -0.3 is 10.1 Å². The normalized spacial score (nSPS) is 23.8. The van der Waals surface area contributed by atoms with Crippen LogP contribution in [0.25, 0.3) is 0 Å². The lowest BCUT2D eigenvalue weighted by molar-refractivity contribution is 0.0580. The van der Waals surface area contributed by atoms with Crippen LogP contribution >= 0.6 is 0 Å². The molecule has 1 aromatic rings. The zero-order valence-electron chi connectivity index (χ0n) is 7.44. The Morgan fingerprint density at radius 3 is 3.00 bits per heavy atom. The van der Waals surface area contributed by atoms with Gasteiger partial charge in [-0.3, -0.25) is 0 Å². The quantitative estimate of drug-likeness (QED) is 0.683. The van der Waals surface area contributed by atoms with E-state index >= 15 is 0 Å². The van der Waals surface area contributed by atoms with Gasteiger partial charge in [-0.25, -0.2) is 9.97 Å². The third-order valence-electron chi connectivity index (χ3n) is 2.05. The minimum atomic E-state index is 0.0659. The maximum Gasteiger partial charge on any atom is 0.157 e. The SMILES string of the molecule is c1cnc([C@@H]2CCNCCO2)nc1. The van der Waals surface area contributed by atoms with Gasteiger partial charge in [-0.1, -0.05) is 0 Å². The summed E-state index contributed by atoms with van der Waals surface area (Å²) in [6.07, 6.45) is 4.52. The van der Waals surface area contributed by atoms with Crippen LogP contribution in [0, 0.1) is 0 Å². The Morgan fingerprint density at radius 2 is 2.15 bits per heavy atom. The topological polar surface area (TPSA) is 47.0 Å². The van der Waals surface area contributed by atoms with Gasteiger partial charge >= 0.3 is 0 Å². The second-order valence-corrected chi connectivity index (χ2v) is 3.01. The molecule has 2 heterocycles. The molecule has 70 valence electrons. The number of aromatic nitrogens is 2. The van der Waals surface area contributed by atoms with Crippen molar-refractivity contribution in [2.24, 2.45) is 0 Å². The van der Waals surface area contributed by atoms with Crippen molar-refractivity contribution >= 4 is 0 Å². The Hall–Kier alpha value is -1.00. The molecule has 1 N–H and O–H groups in total. The Kier molecular flexibility index (Phi) is 2.84. The molecule has 0 aromatic carbocycles. The second-order valence-electron chi connectivity index (χ2n) is 3.01. The Balaban J connectivity index is 2.06. The van der Waals surface area contributed by atoms with Crippen LogP contribution in [0.4, 0.5) is 0 Å². The lowest BCUT2D eigenvalue weighted by Gasteiger charge is -2.11. The summed E-state index contributed by atoms with van der Waals surface area (Å²) in [5.74, 6) is 0.797. The van der Waals surface area contributed by atoms with Crippen molar-refractivity contribution < 1.29 is 4.74 Å². The summed E-state index contributed by atoms with van der Waals surface area (Å²) in [5.41, 5.74) is 0. The predicted octanol–water partition coefficient (Wildman–Crippen LogP) is 0.528. The highest BCUT2D eigenvalue weighted by molar-refractivity contribution is 4.93. The van der Waals surface area contributed by atoms with E-state index in [0.29, 0.717) is 0 Å². The van der Waals surface area contributed by atoms with Gasteiger partial charge in [-0.15, -0.1) is 0 Å². The molecule has 4 heteroatoms. The van der Waals surface area contributed by atoms with Gasteiger partial charge in [0.05, 0.1) is 6.61 Å². The fourth-order valence-corrected chi connectivity index (χ4v) is 1.40. The molecule has 1 atom stereocenters. The van der Waals surface area contributed by atoms with Crippen LogP contribution in [-0.2, 0) is 4.74 Å². The van der Waals surface area contributed by atoms with Crippen LogP contribution in [0.2, 0.25) is 0 Å². The Bertz CT molecular complexity index is 244. The van der Waals surface area contributed by atoms with E-state index in [2.05, 4.69) is 15.3 Å². The van der Waals surface area contributed by atoms with E-state index < -0.39 is 0 Å². The molecule has 0 unspecified atom stereocenters. The molecule has 0 saturated carbocycles. The molecule has 0 amide bonds. The number of nitrogens with one attached hydrogen (secondary N) is 1. The molecule has 2 rings (SSSR count). The van der Waals surface area contributed by atoms with Crippen molar-refractivity contribution in [3.8, 4) is 0 Å². The number of hydrogen-bond donors (Lipinski definition) is 1. The fourth-order valence-electron chi connectivity index (χ4n) is 1.40. The van der Waals surface area contributed by atoms with Gasteiger partial charge in [0, 0.05) is 18.9 Å². The van der Waals surface area contributed by atoms with E-state index in [0.717, 1.165) is 31.9 Å². The summed E-state index contributed by atoms with van der Waals surface area (Å²) in [6.45, 7) is 2.63. The summed E-state index contributed by atoms with van der Waals surface area (Å²) < 4.78 is 5.60. The highest BCUT2D eigenvalue weighted by atomic mass is 16.5. The number of rotatable bonds is 1. The first kappa shape index (κ1) is 8.59. The standard InChI is InChI=1S/C9H13N3O/c1-3-11-9(12-4-1)8-2-5-10-6-7-13-8/h1,3-4,8,10H,2,5-7H2/t8-/m0/s1. The predicted molar refractivity (Wildman–Crippen MR) is 48.2 cm³/mol. The monoisotopic (exact) mass is 179 g/mol. The van der Waals surface area contributed by atoms with E-state index in [1.54, 1.807) is 12.4 Å². The van der Waals surface area contributed by atoms with Gasteiger partial charge in [-0.2, -0.15) is 0 Å². The molecule has 0 aliphatic carbocycles. The van der Waals surface area contributed by atoms with E-state index in [-0.39, 0.29) is 6.10 Å². The average molecular weight is 179 g/mol. The molecule has 1 saturated heterocycles. The minimum Gasteiger partial charge on any atom is -0.369 e.